The van der Waals surface area contributed by atoms with Crippen LogP contribution in [0.1, 0.15) is 40.6 Å². The van der Waals surface area contributed by atoms with E-state index in [0.29, 0.717) is 48.8 Å². The third-order valence-electron chi connectivity index (χ3n) is 6.85. The molecule has 2 heterocycles. The van der Waals surface area contributed by atoms with Crippen LogP contribution >= 0.6 is 0 Å². The van der Waals surface area contributed by atoms with Crippen molar-refractivity contribution in [3.63, 3.8) is 0 Å². The lowest BCUT2D eigenvalue weighted by molar-refractivity contribution is -0.127. The van der Waals surface area contributed by atoms with E-state index in [-0.39, 0.29) is 29.0 Å². The number of hydrazine groups is 1. The normalized spacial score (nSPS) is 14.0. The Morgan fingerprint density at radius 2 is 1.51 bits per heavy atom. The number of carbonyl (C=O) groups excluding carboxylic acids is 3. The fourth-order valence-electron chi connectivity index (χ4n) is 4.82. The highest BCUT2D eigenvalue weighted by molar-refractivity contribution is 6.07. The molecule has 0 bridgehead atoms. The second kappa shape index (κ2) is 10.2. The number of nitrogens with zero attached hydrogens (tertiary/aromatic N) is 3. The van der Waals surface area contributed by atoms with Crippen molar-refractivity contribution in [3.8, 4) is 0 Å². The van der Waals surface area contributed by atoms with E-state index in [4.69, 9.17) is 0 Å². The van der Waals surface area contributed by atoms with Crippen LogP contribution in [0.4, 0.5) is 0 Å². The zero-order chi connectivity index (χ0) is 25.9. The summed E-state index contributed by atoms with van der Waals surface area (Å²) in [5.74, 6) is -1.31. The smallest absolute Gasteiger partial charge is 0.290 e. The van der Waals surface area contributed by atoms with E-state index in [1.807, 2.05) is 42.5 Å². The van der Waals surface area contributed by atoms with Crippen LogP contribution in [0.15, 0.2) is 71.5 Å². The lowest BCUT2D eigenvalue weighted by Crippen LogP contribution is -2.48. The Hall–Kier alpha value is -4.53. The summed E-state index contributed by atoms with van der Waals surface area (Å²) in [6, 6.07) is 20.2. The molecule has 0 saturated carbocycles. The third kappa shape index (κ3) is 4.67. The quantitative estimate of drug-likeness (QED) is 0.421. The Kier molecular flexibility index (Phi) is 6.68. The maximum atomic E-state index is 13.2. The summed E-state index contributed by atoms with van der Waals surface area (Å²) >= 11 is 0. The SMILES string of the molecule is CCn1nc(C(=O)NNC(=O)C2CCN(C(=O)c3cccc4ccccc34)CC2)c2ccccc2c1=O. The van der Waals surface area contributed by atoms with Crippen LogP contribution < -0.4 is 16.4 Å². The molecule has 37 heavy (non-hydrogen) atoms. The molecule has 0 aliphatic carbocycles. The molecule has 3 aromatic carbocycles. The second-order valence-corrected chi connectivity index (χ2v) is 9.05. The van der Waals surface area contributed by atoms with Crippen molar-refractivity contribution >= 4 is 39.3 Å². The molecular formula is C28H27N5O4. The van der Waals surface area contributed by atoms with E-state index in [0.717, 1.165) is 10.8 Å². The van der Waals surface area contributed by atoms with Crippen LogP contribution in [-0.4, -0.2) is 45.5 Å². The lowest BCUT2D eigenvalue weighted by atomic mass is 9.95. The largest absolute Gasteiger partial charge is 0.339 e. The van der Waals surface area contributed by atoms with Gasteiger partial charge in [0.15, 0.2) is 5.69 Å². The van der Waals surface area contributed by atoms with Gasteiger partial charge in [-0.2, -0.15) is 5.10 Å². The van der Waals surface area contributed by atoms with Gasteiger partial charge in [0.1, 0.15) is 0 Å². The number of piperidine rings is 1. The molecule has 9 nitrogen and oxygen atoms in total. The van der Waals surface area contributed by atoms with Gasteiger partial charge < -0.3 is 4.90 Å². The molecule has 1 fully saturated rings. The van der Waals surface area contributed by atoms with Crippen molar-refractivity contribution in [2.45, 2.75) is 26.3 Å². The fourth-order valence-corrected chi connectivity index (χ4v) is 4.82. The van der Waals surface area contributed by atoms with Gasteiger partial charge >= 0.3 is 0 Å². The zero-order valence-electron chi connectivity index (χ0n) is 20.4. The minimum atomic E-state index is -0.602. The molecule has 1 saturated heterocycles. The Bertz CT molecular complexity index is 1560. The average Bonchev–Trinajstić information content (AvgIpc) is 2.95. The summed E-state index contributed by atoms with van der Waals surface area (Å²) in [5.41, 5.74) is 5.38. The number of carbonyl (C=O) groups is 3. The van der Waals surface area contributed by atoms with Gasteiger partial charge in [0, 0.05) is 36.5 Å². The second-order valence-electron chi connectivity index (χ2n) is 9.05. The number of aryl methyl sites for hydroxylation is 1. The monoisotopic (exact) mass is 497 g/mol. The summed E-state index contributed by atoms with van der Waals surface area (Å²) in [7, 11) is 0. The van der Waals surface area contributed by atoms with Gasteiger partial charge in [0.05, 0.1) is 5.39 Å². The maximum Gasteiger partial charge on any atom is 0.290 e. The predicted molar refractivity (Wildman–Crippen MR) is 140 cm³/mol. The summed E-state index contributed by atoms with van der Waals surface area (Å²) in [5, 5.41) is 6.91. The number of likely N-dealkylation sites (tertiary alicyclic amines) is 1. The van der Waals surface area contributed by atoms with Crippen LogP contribution in [-0.2, 0) is 11.3 Å². The molecule has 0 atom stereocenters. The van der Waals surface area contributed by atoms with Crippen LogP contribution in [0, 0.1) is 5.92 Å². The Labute approximate surface area is 213 Å². The van der Waals surface area contributed by atoms with Crippen molar-refractivity contribution in [2.24, 2.45) is 5.92 Å². The van der Waals surface area contributed by atoms with Crippen LogP contribution in [0.5, 0.6) is 0 Å². The number of fused-ring (bicyclic) bond motifs is 2. The molecule has 2 N–H and O–H groups in total. The van der Waals surface area contributed by atoms with E-state index in [2.05, 4.69) is 16.0 Å². The molecule has 3 amide bonds. The molecule has 1 aliphatic rings. The van der Waals surface area contributed by atoms with Crippen molar-refractivity contribution in [1.82, 2.24) is 25.5 Å². The summed E-state index contributed by atoms with van der Waals surface area (Å²) in [6.07, 6.45) is 0.972. The minimum Gasteiger partial charge on any atom is -0.339 e. The summed E-state index contributed by atoms with van der Waals surface area (Å²) in [4.78, 5) is 53.1. The summed E-state index contributed by atoms with van der Waals surface area (Å²) in [6.45, 7) is 2.97. The van der Waals surface area contributed by atoms with E-state index < -0.39 is 5.91 Å². The highest BCUT2D eigenvalue weighted by Gasteiger charge is 2.29. The molecule has 9 heteroatoms. The Balaban J connectivity index is 1.21. The van der Waals surface area contributed by atoms with Crippen molar-refractivity contribution in [2.75, 3.05) is 13.1 Å². The standard InChI is InChI=1S/C28H27N5O4/c1-2-33-28(37)23-12-6-5-11-21(23)24(31-33)26(35)30-29-25(34)19-14-16-32(17-15-19)27(36)22-13-7-9-18-8-3-4-10-20(18)22/h3-13,19H,2,14-17H2,1H3,(H,29,34)(H,30,35). The minimum absolute atomic E-state index is 0.0482. The van der Waals surface area contributed by atoms with Gasteiger partial charge in [0.2, 0.25) is 5.91 Å². The Morgan fingerprint density at radius 1 is 0.865 bits per heavy atom. The topological polar surface area (TPSA) is 113 Å². The molecule has 0 radical (unpaired) electrons. The number of benzene rings is 3. The molecule has 0 unspecified atom stereocenters. The van der Waals surface area contributed by atoms with Crippen LogP contribution in [0.3, 0.4) is 0 Å². The average molecular weight is 498 g/mol. The Morgan fingerprint density at radius 3 is 2.24 bits per heavy atom. The number of hydrogen-bond acceptors (Lipinski definition) is 5. The fraction of sp³-hybridized carbons (Fsp3) is 0.250. The summed E-state index contributed by atoms with van der Waals surface area (Å²) < 4.78 is 1.22. The van der Waals surface area contributed by atoms with Gasteiger partial charge in [-0.15, -0.1) is 0 Å². The highest BCUT2D eigenvalue weighted by atomic mass is 16.2. The van der Waals surface area contributed by atoms with Crippen molar-refractivity contribution in [1.29, 1.82) is 0 Å². The maximum absolute atomic E-state index is 13.2. The van der Waals surface area contributed by atoms with Gasteiger partial charge in [-0.05, 0) is 42.7 Å². The molecule has 0 spiro atoms. The first-order valence-electron chi connectivity index (χ1n) is 12.3. The molecule has 1 aliphatic heterocycles. The third-order valence-corrected chi connectivity index (χ3v) is 6.85. The molecule has 4 aromatic rings. The number of aromatic nitrogens is 2. The number of nitrogens with one attached hydrogen (secondary N) is 2. The first-order chi connectivity index (χ1) is 18.0. The van der Waals surface area contributed by atoms with Gasteiger partial charge in [-0.1, -0.05) is 54.6 Å². The number of amides is 3. The molecule has 1 aromatic heterocycles. The first kappa shape index (κ1) is 24.2. The van der Waals surface area contributed by atoms with Crippen molar-refractivity contribution < 1.29 is 14.4 Å². The van der Waals surface area contributed by atoms with E-state index in [1.54, 1.807) is 36.1 Å². The lowest BCUT2D eigenvalue weighted by Gasteiger charge is -2.31. The van der Waals surface area contributed by atoms with E-state index in [9.17, 15) is 19.2 Å². The van der Waals surface area contributed by atoms with Crippen LogP contribution in [0.25, 0.3) is 21.5 Å². The predicted octanol–water partition coefficient (Wildman–Crippen LogP) is 2.88. The molecular weight excluding hydrogens is 470 g/mol. The van der Waals surface area contributed by atoms with Crippen LogP contribution in [0.2, 0.25) is 0 Å². The first-order valence-corrected chi connectivity index (χ1v) is 12.3. The zero-order valence-corrected chi connectivity index (χ0v) is 20.4. The van der Waals surface area contributed by atoms with E-state index >= 15 is 0 Å². The van der Waals surface area contributed by atoms with Crippen molar-refractivity contribution in [3.05, 3.63) is 88.3 Å². The van der Waals surface area contributed by atoms with E-state index in [1.165, 1.54) is 4.68 Å². The molecule has 5 rings (SSSR count). The highest BCUT2D eigenvalue weighted by Crippen LogP contribution is 2.23. The number of hydrogen-bond donors (Lipinski definition) is 2. The van der Waals surface area contributed by atoms with Gasteiger partial charge in [-0.3, -0.25) is 30.0 Å². The number of rotatable bonds is 4. The molecule has 188 valence electrons. The van der Waals surface area contributed by atoms with Gasteiger partial charge in [0.25, 0.3) is 17.4 Å². The van der Waals surface area contributed by atoms with Gasteiger partial charge in [-0.25, -0.2) is 4.68 Å².